The monoisotopic (exact) mass is 341 g/mol. The quantitative estimate of drug-likeness (QED) is 0.869. The maximum absolute atomic E-state index is 12.9. The van der Waals surface area contributed by atoms with Crippen LogP contribution in [-0.2, 0) is 16.1 Å². The summed E-state index contributed by atoms with van der Waals surface area (Å²) in [6.07, 6.45) is 3.38. The number of carbonyl (C=O) groups is 2. The van der Waals surface area contributed by atoms with Crippen molar-refractivity contribution in [3.8, 4) is 0 Å². The molecule has 1 N–H and O–H groups in total. The summed E-state index contributed by atoms with van der Waals surface area (Å²) >= 11 is 1.31. The molecule has 0 saturated carbocycles. The molecule has 6 heteroatoms. The molecule has 1 aliphatic rings. The Labute approximate surface area is 145 Å². The van der Waals surface area contributed by atoms with Gasteiger partial charge >= 0.3 is 0 Å². The van der Waals surface area contributed by atoms with E-state index in [-0.39, 0.29) is 11.8 Å². The number of nitrogens with one attached hydrogen (secondary N) is 1. The summed E-state index contributed by atoms with van der Waals surface area (Å²) in [6, 6.07) is 11.4. The highest BCUT2D eigenvalue weighted by atomic mass is 32.2. The number of thioether (sulfide) groups is 1. The van der Waals surface area contributed by atoms with Gasteiger partial charge in [0.2, 0.25) is 5.91 Å². The first-order chi connectivity index (χ1) is 11.6. The number of aromatic nitrogens is 1. The second kappa shape index (κ2) is 6.65. The summed E-state index contributed by atoms with van der Waals surface area (Å²) in [5.74, 6) is -0.466. The molecule has 5 nitrogen and oxygen atoms in total. The number of carbonyl (C=O) groups excluding carboxylic acids is 2. The molecule has 0 fully saturated rings. The molecule has 124 valence electrons. The number of fused-ring (bicyclic) bond motifs is 1. The molecule has 3 rings (SSSR count). The number of pyridine rings is 1. The highest BCUT2D eigenvalue weighted by molar-refractivity contribution is 8.02. The zero-order valence-electron chi connectivity index (χ0n) is 13.7. The van der Waals surface area contributed by atoms with Crippen molar-refractivity contribution < 1.29 is 9.59 Å². The molecule has 0 saturated heterocycles. The summed E-state index contributed by atoms with van der Waals surface area (Å²) in [7, 11) is 0. The van der Waals surface area contributed by atoms with Crippen LogP contribution in [0.25, 0.3) is 0 Å². The number of hydrogen-bond acceptors (Lipinski definition) is 4. The summed E-state index contributed by atoms with van der Waals surface area (Å²) in [5.41, 5.74) is 1.77. The minimum absolute atomic E-state index is 0.183. The van der Waals surface area contributed by atoms with Gasteiger partial charge in [0.25, 0.3) is 5.91 Å². The van der Waals surface area contributed by atoms with Crippen LogP contribution in [0.15, 0.2) is 53.7 Å². The first-order valence-electron chi connectivity index (χ1n) is 7.83. The van der Waals surface area contributed by atoms with E-state index in [0.29, 0.717) is 13.1 Å². The minimum Gasteiger partial charge on any atom is -0.350 e. The molecule has 24 heavy (non-hydrogen) atoms. The van der Waals surface area contributed by atoms with Gasteiger partial charge in [0.15, 0.2) is 4.75 Å². The van der Waals surface area contributed by atoms with Gasteiger partial charge in [-0.15, -0.1) is 0 Å². The van der Waals surface area contributed by atoms with E-state index in [1.165, 1.54) is 11.8 Å². The molecular formula is C18H19N3O2S. The predicted octanol–water partition coefficient (Wildman–Crippen LogP) is 2.62. The lowest BCUT2D eigenvalue weighted by Gasteiger charge is -2.38. The fraction of sp³-hybridized carbons (Fsp3) is 0.278. The van der Waals surface area contributed by atoms with Gasteiger partial charge in [-0.3, -0.25) is 14.6 Å². The van der Waals surface area contributed by atoms with Crippen LogP contribution in [0.2, 0.25) is 0 Å². The zero-order valence-corrected chi connectivity index (χ0v) is 14.5. The van der Waals surface area contributed by atoms with Crippen molar-refractivity contribution in [1.29, 1.82) is 0 Å². The second-order valence-corrected chi connectivity index (χ2v) is 7.16. The first-order valence-corrected chi connectivity index (χ1v) is 8.65. The molecule has 0 spiro atoms. The Morgan fingerprint density at radius 1 is 1.29 bits per heavy atom. The van der Waals surface area contributed by atoms with E-state index in [4.69, 9.17) is 0 Å². The molecule has 0 bridgehead atoms. The molecule has 0 radical (unpaired) electrons. The van der Waals surface area contributed by atoms with Gasteiger partial charge in [-0.05, 0) is 37.6 Å². The Morgan fingerprint density at radius 2 is 2.08 bits per heavy atom. The Hall–Kier alpha value is -2.34. The first kappa shape index (κ1) is 16.5. The number of nitrogens with zero attached hydrogens (tertiary/aromatic N) is 2. The largest absolute Gasteiger partial charge is 0.350 e. The van der Waals surface area contributed by atoms with Gasteiger partial charge in [0.1, 0.15) is 0 Å². The standard InChI is InChI=1S/C18H19N3O2S/c1-3-21-14-8-4-5-9-15(14)24-18(2,17(21)23)16(22)20-12-13-7-6-10-19-11-13/h4-11H,3,12H2,1-2H3,(H,20,22). The maximum atomic E-state index is 12.9. The number of benzene rings is 1. The van der Waals surface area contributed by atoms with Crippen molar-refractivity contribution >= 4 is 29.3 Å². The van der Waals surface area contributed by atoms with Crippen LogP contribution < -0.4 is 10.2 Å². The SMILES string of the molecule is CCN1C(=O)C(C)(C(=O)NCc2cccnc2)Sc2ccccc21. The average molecular weight is 341 g/mol. The molecule has 1 atom stereocenters. The van der Waals surface area contributed by atoms with Gasteiger partial charge in [0, 0.05) is 30.4 Å². The fourth-order valence-corrected chi connectivity index (χ4v) is 3.94. The Kier molecular flexibility index (Phi) is 4.57. The van der Waals surface area contributed by atoms with Crippen molar-refractivity contribution in [1.82, 2.24) is 10.3 Å². The van der Waals surface area contributed by atoms with Crippen LogP contribution >= 0.6 is 11.8 Å². The Morgan fingerprint density at radius 3 is 2.79 bits per heavy atom. The number of hydrogen-bond donors (Lipinski definition) is 1. The molecule has 2 aromatic rings. The number of para-hydroxylation sites is 1. The highest BCUT2D eigenvalue weighted by Crippen LogP contribution is 2.45. The fourth-order valence-electron chi connectivity index (χ4n) is 2.71. The van der Waals surface area contributed by atoms with Crippen LogP contribution in [0.5, 0.6) is 0 Å². The molecule has 1 aliphatic heterocycles. The lowest BCUT2D eigenvalue weighted by atomic mass is 10.1. The van der Waals surface area contributed by atoms with E-state index in [0.717, 1.165) is 16.1 Å². The molecule has 2 amide bonds. The van der Waals surface area contributed by atoms with Crippen molar-refractivity contribution in [2.45, 2.75) is 30.0 Å². The zero-order chi connectivity index (χ0) is 17.2. The van der Waals surface area contributed by atoms with Crippen LogP contribution in [0, 0.1) is 0 Å². The van der Waals surface area contributed by atoms with E-state index in [1.807, 2.05) is 43.3 Å². The Bertz CT molecular complexity index is 766. The van der Waals surface area contributed by atoms with Gasteiger partial charge in [0.05, 0.1) is 5.69 Å². The van der Waals surface area contributed by atoms with Crippen molar-refractivity contribution in [2.24, 2.45) is 0 Å². The lowest BCUT2D eigenvalue weighted by molar-refractivity contribution is -0.131. The van der Waals surface area contributed by atoms with Crippen LogP contribution in [0.3, 0.4) is 0 Å². The lowest BCUT2D eigenvalue weighted by Crippen LogP contribution is -2.56. The summed E-state index contributed by atoms with van der Waals surface area (Å²) in [5, 5.41) is 2.87. The van der Waals surface area contributed by atoms with E-state index >= 15 is 0 Å². The van der Waals surface area contributed by atoms with Crippen molar-refractivity contribution in [3.05, 3.63) is 54.4 Å². The third-order valence-electron chi connectivity index (χ3n) is 4.05. The number of anilines is 1. The smallest absolute Gasteiger partial charge is 0.252 e. The minimum atomic E-state index is -1.17. The third kappa shape index (κ3) is 2.89. The van der Waals surface area contributed by atoms with E-state index in [9.17, 15) is 9.59 Å². The molecule has 1 aromatic carbocycles. The van der Waals surface area contributed by atoms with E-state index < -0.39 is 4.75 Å². The normalized spacial score (nSPS) is 19.8. The molecular weight excluding hydrogens is 322 g/mol. The average Bonchev–Trinajstić information content (AvgIpc) is 2.61. The highest BCUT2D eigenvalue weighted by Gasteiger charge is 2.48. The van der Waals surface area contributed by atoms with Crippen molar-refractivity contribution in [2.75, 3.05) is 11.4 Å². The van der Waals surface area contributed by atoms with Crippen molar-refractivity contribution in [3.63, 3.8) is 0 Å². The van der Waals surface area contributed by atoms with Gasteiger partial charge in [-0.2, -0.15) is 0 Å². The van der Waals surface area contributed by atoms with Gasteiger partial charge < -0.3 is 10.2 Å². The Balaban J connectivity index is 1.83. The summed E-state index contributed by atoms with van der Waals surface area (Å²) < 4.78 is -1.17. The van der Waals surface area contributed by atoms with Crippen LogP contribution in [-0.4, -0.2) is 28.1 Å². The summed E-state index contributed by atoms with van der Waals surface area (Å²) in [6.45, 7) is 4.49. The van der Waals surface area contributed by atoms with Gasteiger partial charge in [-0.1, -0.05) is 30.0 Å². The topological polar surface area (TPSA) is 62.3 Å². The van der Waals surface area contributed by atoms with Crippen LogP contribution in [0.1, 0.15) is 19.4 Å². The number of rotatable bonds is 4. The predicted molar refractivity (Wildman–Crippen MR) is 94.8 cm³/mol. The molecule has 0 aliphatic carbocycles. The second-order valence-electron chi connectivity index (χ2n) is 5.70. The third-order valence-corrected chi connectivity index (χ3v) is 5.38. The van der Waals surface area contributed by atoms with E-state index in [2.05, 4.69) is 10.3 Å². The molecule has 2 heterocycles. The van der Waals surface area contributed by atoms with E-state index in [1.54, 1.807) is 24.2 Å². The molecule has 1 aromatic heterocycles. The number of amides is 2. The summed E-state index contributed by atoms with van der Waals surface area (Å²) in [4.78, 5) is 32.4. The maximum Gasteiger partial charge on any atom is 0.252 e. The van der Waals surface area contributed by atoms with Gasteiger partial charge in [-0.25, -0.2) is 0 Å². The van der Waals surface area contributed by atoms with Crippen LogP contribution in [0.4, 0.5) is 5.69 Å². The molecule has 1 unspecified atom stereocenters.